The first-order valence-corrected chi connectivity index (χ1v) is 27.4. The molecule has 378 valence electrons. The standard InChI is InChI=1S/C76H54N4/c1-48-15-23-52(24-16-48)58-31-35-71-64(39-58)65-40-59(53-25-17-49(2)18-26-53)32-36-72(65)79(71)75-45-63(62-43-69(56-11-7-5-8-12-56)78-70(44-62)57-13-9-6-10-14-57)46-76(68(75)47-77)80-73-37-33-60(54-27-19-50(3)20-28-54)41-66(73)67-42-61(34-38-74(67)80)55-29-21-51(4)22-30-55/h5-46H,1-4H3. The van der Waals surface area contributed by atoms with E-state index in [-0.39, 0.29) is 0 Å². The van der Waals surface area contributed by atoms with Crippen molar-refractivity contribution in [1.29, 1.82) is 5.26 Å². The Kier molecular flexibility index (Phi) is 11.8. The number of aryl methyl sites for hydroxylation is 4. The highest BCUT2D eigenvalue weighted by Crippen LogP contribution is 2.44. The van der Waals surface area contributed by atoms with Crippen LogP contribution in [0.5, 0.6) is 0 Å². The molecule has 4 nitrogen and oxygen atoms in total. The normalized spacial score (nSPS) is 11.5. The molecule has 0 amide bonds. The third-order valence-corrected chi connectivity index (χ3v) is 16.1. The van der Waals surface area contributed by atoms with E-state index in [2.05, 4.69) is 286 Å². The van der Waals surface area contributed by atoms with E-state index >= 15 is 0 Å². The van der Waals surface area contributed by atoms with Crippen LogP contribution in [0.2, 0.25) is 0 Å². The summed E-state index contributed by atoms with van der Waals surface area (Å²) in [5, 5.41) is 16.5. The van der Waals surface area contributed by atoms with Gasteiger partial charge in [0.05, 0.1) is 44.8 Å². The summed E-state index contributed by atoms with van der Waals surface area (Å²) in [6.07, 6.45) is 0. The molecule has 0 bridgehead atoms. The van der Waals surface area contributed by atoms with Crippen molar-refractivity contribution in [1.82, 2.24) is 14.1 Å². The van der Waals surface area contributed by atoms with Gasteiger partial charge >= 0.3 is 0 Å². The highest BCUT2D eigenvalue weighted by Gasteiger charge is 2.25. The molecule has 0 N–H and O–H groups in total. The van der Waals surface area contributed by atoms with Crippen LogP contribution in [-0.4, -0.2) is 14.1 Å². The average Bonchev–Trinajstić information content (AvgIpc) is 4.22. The molecule has 0 spiro atoms. The largest absolute Gasteiger partial charge is 0.308 e. The summed E-state index contributed by atoms with van der Waals surface area (Å²) in [4.78, 5) is 5.33. The molecule has 80 heavy (non-hydrogen) atoms. The topological polar surface area (TPSA) is 46.5 Å². The zero-order chi connectivity index (χ0) is 54.0. The van der Waals surface area contributed by atoms with Gasteiger partial charge < -0.3 is 9.13 Å². The molecule has 3 aromatic heterocycles. The van der Waals surface area contributed by atoms with E-state index in [1.54, 1.807) is 0 Å². The van der Waals surface area contributed by atoms with Crippen LogP contribution in [-0.2, 0) is 0 Å². The third-order valence-electron chi connectivity index (χ3n) is 16.1. The van der Waals surface area contributed by atoms with Gasteiger partial charge in [-0.1, -0.05) is 204 Å². The maximum Gasteiger partial charge on any atom is 0.104 e. The summed E-state index contributed by atoms with van der Waals surface area (Å²) in [5.41, 5.74) is 25.9. The number of aromatic nitrogens is 3. The highest BCUT2D eigenvalue weighted by molar-refractivity contribution is 6.14. The minimum absolute atomic E-state index is 0.558. The van der Waals surface area contributed by atoms with Crippen molar-refractivity contribution in [2.45, 2.75) is 27.7 Å². The first-order valence-electron chi connectivity index (χ1n) is 27.4. The number of rotatable bonds is 9. The summed E-state index contributed by atoms with van der Waals surface area (Å²) in [5.74, 6) is 0. The molecule has 0 fully saturated rings. The maximum absolute atomic E-state index is 12.1. The molecule has 0 aliphatic heterocycles. The van der Waals surface area contributed by atoms with Gasteiger partial charge in [0.15, 0.2) is 0 Å². The Morgan fingerprint density at radius 2 is 0.550 bits per heavy atom. The number of benzene rings is 11. The Morgan fingerprint density at radius 3 is 0.838 bits per heavy atom. The molecule has 14 rings (SSSR count). The van der Waals surface area contributed by atoms with Crippen molar-refractivity contribution >= 4 is 43.6 Å². The van der Waals surface area contributed by atoms with Crippen LogP contribution in [0.1, 0.15) is 27.8 Å². The lowest BCUT2D eigenvalue weighted by Crippen LogP contribution is -2.05. The van der Waals surface area contributed by atoms with Gasteiger partial charge in [0.25, 0.3) is 0 Å². The molecule has 3 heterocycles. The van der Waals surface area contributed by atoms with E-state index in [0.717, 1.165) is 133 Å². The second-order valence-electron chi connectivity index (χ2n) is 21.4. The average molecular weight is 1020 g/mol. The predicted molar refractivity (Wildman–Crippen MR) is 335 cm³/mol. The van der Waals surface area contributed by atoms with Crippen molar-refractivity contribution in [3.63, 3.8) is 0 Å². The quantitative estimate of drug-likeness (QED) is 0.145. The fourth-order valence-electron chi connectivity index (χ4n) is 11.7. The summed E-state index contributed by atoms with van der Waals surface area (Å²) in [6.45, 7) is 8.52. The van der Waals surface area contributed by atoms with Crippen LogP contribution >= 0.6 is 0 Å². The Bertz CT molecular complexity index is 4250. The van der Waals surface area contributed by atoms with Crippen molar-refractivity contribution < 1.29 is 0 Å². The first kappa shape index (κ1) is 48.1. The van der Waals surface area contributed by atoms with Crippen LogP contribution in [0.15, 0.2) is 255 Å². The maximum atomic E-state index is 12.1. The second-order valence-corrected chi connectivity index (χ2v) is 21.4. The van der Waals surface area contributed by atoms with Gasteiger partial charge in [0.1, 0.15) is 11.6 Å². The number of hydrogen-bond acceptors (Lipinski definition) is 2. The van der Waals surface area contributed by atoms with E-state index in [4.69, 9.17) is 4.98 Å². The number of pyridine rings is 1. The lowest BCUT2D eigenvalue weighted by atomic mass is 9.97. The molecular formula is C76H54N4. The van der Waals surface area contributed by atoms with Crippen molar-refractivity contribution in [3.05, 3.63) is 283 Å². The summed E-state index contributed by atoms with van der Waals surface area (Å²) in [7, 11) is 0. The monoisotopic (exact) mass is 1020 g/mol. The first-order chi connectivity index (χ1) is 39.2. The molecule has 0 aliphatic rings. The summed E-state index contributed by atoms with van der Waals surface area (Å²) < 4.78 is 4.68. The van der Waals surface area contributed by atoms with E-state index < -0.39 is 0 Å². The third kappa shape index (κ3) is 8.54. The van der Waals surface area contributed by atoms with Crippen molar-refractivity contribution in [2.75, 3.05) is 0 Å². The molecular weight excluding hydrogens is 969 g/mol. The number of nitriles is 1. The molecule has 14 aromatic rings. The molecule has 0 unspecified atom stereocenters. The van der Waals surface area contributed by atoms with Gasteiger partial charge in [-0.05, 0) is 156 Å². The van der Waals surface area contributed by atoms with Gasteiger partial charge in [-0.15, -0.1) is 0 Å². The SMILES string of the molecule is Cc1ccc(-c2ccc3c(c2)c2cc(-c4ccc(C)cc4)ccc2n3-c2cc(-c3cc(-c4ccccc4)nc(-c4ccccc4)c3)cc(-n3c4ccc(-c5ccc(C)cc5)cc4c4cc(-c5ccc(C)cc5)ccc43)c2C#N)cc1. The number of fused-ring (bicyclic) bond motifs is 6. The molecule has 0 aliphatic carbocycles. The van der Waals surface area contributed by atoms with E-state index in [1.165, 1.54) is 22.3 Å². The van der Waals surface area contributed by atoms with Crippen LogP contribution in [0.3, 0.4) is 0 Å². The smallest absolute Gasteiger partial charge is 0.104 e. The highest BCUT2D eigenvalue weighted by atomic mass is 15.0. The van der Waals surface area contributed by atoms with Crippen LogP contribution < -0.4 is 0 Å². The van der Waals surface area contributed by atoms with Crippen LogP contribution in [0, 0.1) is 39.0 Å². The lowest BCUT2D eigenvalue weighted by molar-refractivity contribution is 1.12. The van der Waals surface area contributed by atoms with Gasteiger partial charge in [-0.2, -0.15) is 5.26 Å². The molecule has 0 atom stereocenters. The van der Waals surface area contributed by atoms with Crippen LogP contribution in [0.4, 0.5) is 0 Å². The molecule has 0 radical (unpaired) electrons. The van der Waals surface area contributed by atoms with Gasteiger partial charge in [-0.25, -0.2) is 4.98 Å². The Hall–Kier alpha value is -10.3. The minimum Gasteiger partial charge on any atom is -0.308 e. The lowest BCUT2D eigenvalue weighted by Gasteiger charge is -2.19. The van der Waals surface area contributed by atoms with Gasteiger partial charge in [-0.3, -0.25) is 0 Å². The minimum atomic E-state index is 0.558. The summed E-state index contributed by atoms with van der Waals surface area (Å²) >= 11 is 0. The van der Waals surface area contributed by atoms with E-state index in [0.29, 0.717) is 5.56 Å². The van der Waals surface area contributed by atoms with E-state index in [9.17, 15) is 5.26 Å². The molecule has 4 heteroatoms. The molecule has 11 aromatic carbocycles. The predicted octanol–water partition coefficient (Wildman–Crippen LogP) is 20.1. The molecule has 0 saturated heterocycles. The van der Waals surface area contributed by atoms with Gasteiger partial charge in [0, 0.05) is 32.7 Å². The Morgan fingerprint density at radius 1 is 0.275 bits per heavy atom. The zero-order valence-corrected chi connectivity index (χ0v) is 45.0. The fraction of sp³-hybridized carbons (Fsp3) is 0.0526. The van der Waals surface area contributed by atoms with E-state index in [1.807, 2.05) is 12.1 Å². The fourth-order valence-corrected chi connectivity index (χ4v) is 11.7. The molecule has 0 saturated carbocycles. The number of hydrogen-bond donors (Lipinski definition) is 0. The number of nitrogens with zero attached hydrogens (tertiary/aromatic N) is 4. The Labute approximate surface area is 466 Å². The van der Waals surface area contributed by atoms with Gasteiger partial charge in [0.2, 0.25) is 0 Å². The van der Waals surface area contributed by atoms with Crippen molar-refractivity contribution in [3.8, 4) is 95.6 Å². The van der Waals surface area contributed by atoms with Crippen LogP contribution in [0.25, 0.3) is 133 Å². The summed E-state index contributed by atoms with van der Waals surface area (Å²) in [6, 6.07) is 94.9. The van der Waals surface area contributed by atoms with Crippen molar-refractivity contribution in [2.24, 2.45) is 0 Å². The Balaban J connectivity index is 1.10. The second kappa shape index (κ2) is 19.6. The zero-order valence-electron chi connectivity index (χ0n) is 45.0.